The lowest BCUT2D eigenvalue weighted by Gasteiger charge is -2.33. The first-order valence-electron chi connectivity index (χ1n) is 9.28. The van der Waals surface area contributed by atoms with E-state index < -0.39 is 5.54 Å². The SMILES string of the molecule is COc1ccccc1-c1cccc([C@@H]2C[C@H]2[C@]2(C)CC(=O)N(C)C(N)=N2)c1. The Morgan fingerprint density at radius 1 is 1.22 bits per heavy atom. The number of hydrogen-bond acceptors (Lipinski definition) is 4. The van der Waals surface area contributed by atoms with Crippen molar-refractivity contribution in [2.45, 2.75) is 31.2 Å². The molecule has 1 amide bonds. The normalized spacial score (nSPS) is 27.3. The lowest BCUT2D eigenvalue weighted by atomic mass is 9.87. The minimum Gasteiger partial charge on any atom is -0.496 e. The van der Waals surface area contributed by atoms with Crippen LogP contribution in [0.4, 0.5) is 0 Å². The molecule has 3 atom stereocenters. The Balaban J connectivity index is 1.61. The number of guanidine groups is 1. The maximum atomic E-state index is 12.3. The van der Waals surface area contributed by atoms with Crippen molar-refractivity contribution in [2.75, 3.05) is 14.2 Å². The number of methoxy groups -OCH3 is 1. The van der Waals surface area contributed by atoms with Gasteiger partial charge in [0.05, 0.1) is 19.1 Å². The molecule has 4 rings (SSSR count). The minimum absolute atomic E-state index is 0.0402. The van der Waals surface area contributed by atoms with E-state index in [0.29, 0.717) is 24.2 Å². The summed E-state index contributed by atoms with van der Waals surface area (Å²) in [5.41, 5.74) is 9.06. The predicted molar refractivity (Wildman–Crippen MR) is 107 cm³/mol. The fourth-order valence-corrected chi connectivity index (χ4v) is 4.21. The summed E-state index contributed by atoms with van der Waals surface area (Å²) in [6, 6.07) is 16.6. The highest BCUT2D eigenvalue weighted by Crippen LogP contribution is 2.56. The molecule has 1 aliphatic carbocycles. The number of hydrogen-bond donors (Lipinski definition) is 1. The second-order valence-corrected chi connectivity index (χ2v) is 7.73. The molecule has 5 nitrogen and oxygen atoms in total. The van der Waals surface area contributed by atoms with Gasteiger partial charge in [-0.25, -0.2) is 4.99 Å². The molecule has 1 aliphatic heterocycles. The van der Waals surface area contributed by atoms with Crippen LogP contribution in [0.3, 0.4) is 0 Å². The number of benzene rings is 2. The van der Waals surface area contributed by atoms with Crippen molar-refractivity contribution >= 4 is 11.9 Å². The highest BCUT2D eigenvalue weighted by Gasteiger charge is 2.53. The Bertz CT molecular complexity index is 923. The number of carbonyl (C=O) groups is 1. The number of rotatable bonds is 4. The molecule has 0 radical (unpaired) electrons. The van der Waals surface area contributed by atoms with Gasteiger partial charge < -0.3 is 10.5 Å². The summed E-state index contributed by atoms with van der Waals surface area (Å²) in [7, 11) is 3.38. The highest BCUT2D eigenvalue weighted by molar-refractivity contribution is 5.98. The molecule has 2 N–H and O–H groups in total. The summed E-state index contributed by atoms with van der Waals surface area (Å²) in [6.07, 6.45) is 1.44. The van der Waals surface area contributed by atoms with Crippen LogP contribution >= 0.6 is 0 Å². The van der Waals surface area contributed by atoms with Gasteiger partial charge in [0.2, 0.25) is 5.91 Å². The molecule has 5 heteroatoms. The van der Waals surface area contributed by atoms with E-state index in [4.69, 9.17) is 10.5 Å². The van der Waals surface area contributed by atoms with Crippen LogP contribution in [0.5, 0.6) is 5.75 Å². The molecule has 0 saturated heterocycles. The van der Waals surface area contributed by atoms with Crippen LogP contribution in [0.25, 0.3) is 11.1 Å². The maximum Gasteiger partial charge on any atom is 0.231 e. The van der Waals surface area contributed by atoms with Gasteiger partial charge in [0.1, 0.15) is 5.75 Å². The summed E-state index contributed by atoms with van der Waals surface area (Å²) in [5, 5.41) is 0. The lowest BCUT2D eigenvalue weighted by molar-refractivity contribution is -0.128. The van der Waals surface area contributed by atoms with Gasteiger partial charge in [-0.2, -0.15) is 0 Å². The number of amides is 1. The van der Waals surface area contributed by atoms with Gasteiger partial charge in [-0.05, 0) is 42.4 Å². The first kappa shape index (κ1) is 17.6. The molecule has 0 bridgehead atoms. The Hall–Kier alpha value is -2.82. The number of ether oxygens (including phenoxy) is 1. The van der Waals surface area contributed by atoms with Gasteiger partial charge in [0.25, 0.3) is 0 Å². The number of carbonyl (C=O) groups excluding carboxylic acids is 1. The van der Waals surface area contributed by atoms with Crippen LogP contribution in [0, 0.1) is 5.92 Å². The standard InChI is InChI=1S/C22H25N3O2/c1-22(13-20(26)25(2)21(23)24-22)18-12-17(18)15-8-6-7-14(11-15)16-9-4-5-10-19(16)27-3/h4-11,17-18H,12-13H2,1-3H3,(H2,23,24)/t17-,18+,22-/m0/s1. The van der Waals surface area contributed by atoms with Crippen LogP contribution in [0.1, 0.15) is 31.2 Å². The molecule has 0 unspecified atom stereocenters. The monoisotopic (exact) mass is 363 g/mol. The first-order valence-corrected chi connectivity index (χ1v) is 9.28. The van der Waals surface area contributed by atoms with Gasteiger partial charge in [-0.15, -0.1) is 0 Å². The van der Waals surface area contributed by atoms with E-state index in [2.05, 4.69) is 42.2 Å². The van der Waals surface area contributed by atoms with Crippen molar-refractivity contribution < 1.29 is 9.53 Å². The molecule has 2 aromatic carbocycles. The van der Waals surface area contributed by atoms with Gasteiger partial charge in [0, 0.05) is 12.6 Å². The quantitative estimate of drug-likeness (QED) is 0.905. The van der Waals surface area contributed by atoms with E-state index in [1.54, 1.807) is 14.2 Å². The third-order valence-electron chi connectivity index (χ3n) is 5.92. The Kier molecular flexibility index (Phi) is 4.17. The van der Waals surface area contributed by atoms with Crippen LogP contribution in [0.15, 0.2) is 53.5 Å². The molecule has 1 fully saturated rings. The average Bonchev–Trinajstić information content (AvgIpc) is 3.48. The Labute approximate surface area is 159 Å². The predicted octanol–water partition coefficient (Wildman–Crippen LogP) is 3.40. The van der Waals surface area contributed by atoms with Crippen LogP contribution in [-0.2, 0) is 4.79 Å². The van der Waals surface area contributed by atoms with Crippen molar-refractivity contribution in [1.29, 1.82) is 0 Å². The van der Waals surface area contributed by atoms with Crippen LogP contribution in [0.2, 0.25) is 0 Å². The third-order valence-corrected chi connectivity index (χ3v) is 5.92. The number of nitrogens with two attached hydrogens (primary N) is 1. The van der Waals surface area contributed by atoms with Gasteiger partial charge in [0.15, 0.2) is 5.96 Å². The number of nitrogens with zero attached hydrogens (tertiary/aromatic N) is 2. The van der Waals surface area contributed by atoms with E-state index >= 15 is 0 Å². The molecule has 1 saturated carbocycles. The third kappa shape index (κ3) is 3.07. The molecule has 27 heavy (non-hydrogen) atoms. The first-order chi connectivity index (χ1) is 12.9. The molecule has 2 aliphatic rings. The molecule has 0 spiro atoms. The molecule has 140 valence electrons. The van der Waals surface area contributed by atoms with Crippen LogP contribution in [-0.4, -0.2) is 36.5 Å². The molecule has 2 aromatic rings. The summed E-state index contributed by atoms with van der Waals surface area (Å²) in [4.78, 5) is 18.4. The molecular weight excluding hydrogens is 338 g/mol. The summed E-state index contributed by atoms with van der Waals surface area (Å²) >= 11 is 0. The summed E-state index contributed by atoms with van der Waals surface area (Å²) in [6.45, 7) is 2.06. The largest absolute Gasteiger partial charge is 0.496 e. The highest BCUT2D eigenvalue weighted by atomic mass is 16.5. The van der Waals surface area contributed by atoms with Gasteiger partial charge >= 0.3 is 0 Å². The lowest BCUT2D eigenvalue weighted by Crippen LogP contribution is -2.49. The topological polar surface area (TPSA) is 67.9 Å². The second kappa shape index (κ2) is 6.41. The molecule has 0 aromatic heterocycles. The van der Waals surface area contributed by atoms with E-state index in [0.717, 1.165) is 23.3 Å². The maximum absolute atomic E-state index is 12.3. The van der Waals surface area contributed by atoms with Crippen molar-refractivity contribution in [3.63, 3.8) is 0 Å². The van der Waals surface area contributed by atoms with Crippen molar-refractivity contribution in [2.24, 2.45) is 16.6 Å². The fraction of sp³-hybridized carbons (Fsp3) is 0.364. The summed E-state index contributed by atoms with van der Waals surface area (Å²) in [5.74, 6) is 1.96. The zero-order valence-electron chi connectivity index (χ0n) is 16.0. The van der Waals surface area contributed by atoms with E-state index in [1.165, 1.54) is 10.5 Å². The van der Waals surface area contributed by atoms with E-state index in [1.807, 2.05) is 18.2 Å². The smallest absolute Gasteiger partial charge is 0.231 e. The van der Waals surface area contributed by atoms with Crippen LogP contribution < -0.4 is 10.5 Å². The number of aliphatic imine (C=N–C) groups is 1. The Morgan fingerprint density at radius 2 is 2.00 bits per heavy atom. The number of para-hydroxylation sites is 1. The summed E-state index contributed by atoms with van der Waals surface area (Å²) < 4.78 is 5.51. The fourth-order valence-electron chi connectivity index (χ4n) is 4.21. The van der Waals surface area contributed by atoms with Crippen molar-refractivity contribution in [1.82, 2.24) is 4.90 Å². The second-order valence-electron chi connectivity index (χ2n) is 7.73. The van der Waals surface area contributed by atoms with Crippen molar-refractivity contribution in [3.05, 3.63) is 54.1 Å². The van der Waals surface area contributed by atoms with Gasteiger partial charge in [-0.1, -0.05) is 42.5 Å². The average molecular weight is 363 g/mol. The zero-order chi connectivity index (χ0) is 19.2. The molecule has 1 heterocycles. The Morgan fingerprint density at radius 3 is 2.74 bits per heavy atom. The van der Waals surface area contributed by atoms with E-state index in [-0.39, 0.29) is 5.91 Å². The van der Waals surface area contributed by atoms with Gasteiger partial charge in [-0.3, -0.25) is 9.69 Å². The minimum atomic E-state index is -0.418. The zero-order valence-corrected chi connectivity index (χ0v) is 16.0. The molecular formula is C22H25N3O2. The van der Waals surface area contributed by atoms with E-state index in [9.17, 15) is 4.79 Å². The van der Waals surface area contributed by atoms with Crippen molar-refractivity contribution in [3.8, 4) is 16.9 Å².